The second kappa shape index (κ2) is 7.01. The van der Waals surface area contributed by atoms with E-state index in [1.54, 1.807) is 0 Å². The molecule has 22 heavy (non-hydrogen) atoms. The van der Waals surface area contributed by atoms with Gasteiger partial charge in [0.1, 0.15) is 0 Å². The minimum atomic E-state index is 0.135. The second-order valence-electron chi connectivity index (χ2n) is 8.20. The summed E-state index contributed by atoms with van der Waals surface area (Å²) in [6, 6.07) is 8.75. The summed E-state index contributed by atoms with van der Waals surface area (Å²) in [5.74, 6) is 0. The number of hydrogen-bond donors (Lipinski definition) is 1. The number of benzene rings is 1. The van der Waals surface area contributed by atoms with Gasteiger partial charge in [-0.15, -0.1) is 0 Å². The van der Waals surface area contributed by atoms with Crippen molar-refractivity contribution in [3.63, 3.8) is 0 Å². The lowest BCUT2D eigenvalue weighted by Gasteiger charge is -2.35. The summed E-state index contributed by atoms with van der Waals surface area (Å²) in [6.07, 6.45) is 1.15. The molecular weight excluding hydrogens is 272 g/mol. The monoisotopic (exact) mass is 304 g/mol. The van der Waals surface area contributed by atoms with Gasteiger partial charge in [-0.2, -0.15) is 0 Å². The van der Waals surface area contributed by atoms with Crippen molar-refractivity contribution < 1.29 is 4.74 Å². The molecule has 1 aliphatic heterocycles. The van der Waals surface area contributed by atoms with Crippen LogP contribution in [0.1, 0.15) is 46.6 Å². The fourth-order valence-corrected chi connectivity index (χ4v) is 3.50. The molecule has 0 radical (unpaired) electrons. The van der Waals surface area contributed by atoms with Gasteiger partial charge in [-0.05, 0) is 37.3 Å². The smallest absolute Gasteiger partial charge is 0.0642 e. The molecule has 3 heteroatoms. The van der Waals surface area contributed by atoms with Crippen LogP contribution in [-0.4, -0.2) is 31.8 Å². The standard InChI is InChI=1S/C19H32N2O/c1-18(2,3)15-19(4,5)20-14-16-8-6-7-9-17(16)21-10-12-22-13-11-21/h6-9,20H,10-15H2,1-5H3. The quantitative estimate of drug-likeness (QED) is 0.895. The van der Waals surface area contributed by atoms with Gasteiger partial charge >= 0.3 is 0 Å². The Morgan fingerprint density at radius 3 is 2.32 bits per heavy atom. The molecule has 2 rings (SSSR count). The first kappa shape index (κ1) is 17.3. The van der Waals surface area contributed by atoms with Gasteiger partial charge in [0, 0.05) is 30.9 Å². The van der Waals surface area contributed by atoms with E-state index in [1.807, 2.05) is 0 Å². The minimum Gasteiger partial charge on any atom is -0.378 e. The van der Waals surface area contributed by atoms with E-state index in [-0.39, 0.29) is 5.54 Å². The van der Waals surface area contributed by atoms with Crippen LogP contribution in [0.5, 0.6) is 0 Å². The first-order chi connectivity index (χ1) is 10.3. The summed E-state index contributed by atoms with van der Waals surface area (Å²) in [4.78, 5) is 2.44. The van der Waals surface area contributed by atoms with E-state index in [1.165, 1.54) is 11.3 Å². The van der Waals surface area contributed by atoms with E-state index in [2.05, 4.69) is 69.1 Å². The van der Waals surface area contributed by atoms with Crippen molar-refractivity contribution in [2.45, 2.75) is 53.1 Å². The van der Waals surface area contributed by atoms with Gasteiger partial charge in [0.2, 0.25) is 0 Å². The number of ether oxygens (including phenoxy) is 1. The number of hydrogen-bond acceptors (Lipinski definition) is 3. The van der Waals surface area contributed by atoms with Gasteiger partial charge in [0.05, 0.1) is 13.2 Å². The highest BCUT2D eigenvalue weighted by Gasteiger charge is 2.25. The fraction of sp³-hybridized carbons (Fsp3) is 0.684. The Morgan fingerprint density at radius 1 is 1.05 bits per heavy atom. The van der Waals surface area contributed by atoms with Crippen molar-refractivity contribution in [3.05, 3.63) is 29.8 Å². The minimum absolute atomic E-state index is 0.135. The topological polar surface area (TPSA) is 24.5 Å². The zero-order chi connectivity index (χ0) is 16.2. The molecule has 1 aromatic carbocycles. The first-order valence-electron chi connectivity index (χ1n) is 8.42. The van der Waals surface area contributed by atoms with E-state index in [0.29, 0.717) is 5.41 Å². The van der Waals surface area contributed by atoms with Crippen LogP contribution in [0.3, 0.4) is 0 Å². The Hall–Kier alpha value is -1.06. The Labute approximate surface area is 136 Å². The molecule has 124 valence electrons. The molecule has 1 saturated heterocycles. The molecule has 0 unspecified atom stereocenters. The third-order valence-corrected chi connectivity index (χ3v) is 4.07. The van der Waals surface area contributed by atoms with Crippen molar-refractivity contribution >= 4 is 5.69 Å². The third kappa shape index (κ3) is 5.29. The molecular formula is C19H32N2O. The van der Waals surface area contributed by atoms with Crippen LogP contribution in [0.2, 0.25) is 0 Å². The zero-order valence-electron chi connectivity index (χ0n) is 14.9. The molecule has 0 saturated carbocycles. The van der Waals surface area contributed by atoms with Crippen molar-refractivity contribution in [1.82, 2.24) is 5.32 Å². The van der Waals surface area contributed by atoms with Crippen LogP contribution in [-0.2, 0) is 11.3 Å². The molecule has 0 bridgehead atoms. The van der Waals surface area contributed by atoms with Gasteiger partial charge < -0.3 is 15.0 Å². The number of anilines is 1. The Kier molecular flexibility index (Phi) is 5.51. The largest absolute Gasteiger partial charge is 0.378 e. The van der Waals surface area contributed by atoms with Gasteiger partial charge in [-0.1, -0.05) is 39.0 Å². The molecule has 1 fully saturated rings. The first-order valence-corrected chi connectivity index (χ1v) is 8.42. The number of rotatable bonds is 5. The summed E-state index contributed by atoms with van der Waals surface area (Å²) in [5.41, 5.74) is 3.20. The fourth-order valence-electron chi connectivity index (χ4n) is 3.50. The summed E-state index contributed by atoms with van der Waals surface area (Å²) < 4.78 is 5.47. The van der Waals surface area contributed by atoms with Crippen LogP contribution in [0, 0.1) is 5.41 Å². The van der Waals surface area contributed by atoms with Crippen molar-refractivity contribution in [1.29, 1.82) is 0 Å². The maximum atomic E-state index is 5.47. The van der Waals surface area contributed by atoms with Crippen LogP contribution < -0.4 is 10.2 Å². The van der Waals surface area contributed by atoms with Crippen molar-refractivity contribution in [2.24, 2.45) is 5.41 Å². The average molecular weight is 304 g/mol. The van der Waals surface area contributed by atoms with E-state index >= 15 is 0 Å². The van der Waals surface area contributed by atoms with Crippen LogP contribution in [0.25, 0.3) is 0 Å². The van der Waals surface area contributed by atoms with E-state index in [4.69, 9.17) is 4.74 Å². The summed E-state index contributed by atoms with van der Waals surface area (Å²) in [6.45, 7) is 16.1. The van der Waals surface area contributed by atoms with E-state index in [0.717, 1.165) is 39.3 Å². The molecule has 1 N–H and O–H groups in total. The molecule has 1 aromatic rings. The van der Waals surface area contributed by atoms with Crippen molar-refractivity contribution in [2.75, 3.05) is 31.2 Å². The number of nitrogens with one attached hydrogen (secondary N) is 1. The number of para-hydroxylation sites is 1. The number of nitrogens with zero attached hydrogens (tertiary/aromatic N) is 1. The maximum absolute atomic E-state index is 5.47. The molecule has 3 nitrogen and oxygen atoms in total. The summed E-state index contributed by atoms with van der Waals surface area (Å²) in [7, 11) is 0. The highest BCUT2D eigenvalue weighted by atomic mass is 16.5. The van der Waals surface area contributed by atoms with Gasteiger partial charge in [0.25, 0.3) is 0 Å². The van der Waals surface area contributed by atoms with Crippen LogP contribution >= 0.6 is 0 Å². The van der Waals surface area contributed by atoms with E-state index in [9.17, 15) is 0 Å². The second-order valence-corrected chi connectivity index (χ2v) is 8.20. The lowest BCUT2D eigenvalue weighted by atomic mass is 9.81. The van der Waals surface area contributed by atoms with Gasteiger partial charge in [0.15, 0.2) is 0 Å². The Bertz CT molecular complexity index is 471. The van der Waals surface area contributed by atoms with Crippen molar-refractivity contribution in [3.8, 4) is 0 Å². The summed E-state index contributed by atoms with van der Waals surface area (Å²) >= 11 is 0. The SMILES string of the molecule is CC(C)(C)CC(C)(C)NCc1ccccc1N1CCOCC1. The molecule has 0 atom stereocenters. The Balaban J connectivity index is 2.03. The van der Waals surface area contributed by atoms with Gasteiger partial charge in [-0.25, -0.2) is 0 Å². The lowest BCUT2D eigenvalue weighted by molar-refractivity contribution is 0.122. The average Bonchev–Trinajstić information content (AvgIpc) is 2.44. The van der Waals surface area contributed by atoms with E-state index < -0.39 is 0 Å². The highest BCUT2D eigenvalue weighted by molar-refractivity contribution is 5.53. The molecule has 0 aliphatic carbocycles. The van der Waals surface area contributed by atoms with Crippen LogP contribution in [0.15, 0.2) is 24.3 Å². The highest BCUT2D eigenvalue weighted by Crippen LogP contribution is 2.28. The van der Waals surface area contributed by atoms with Gasteiger partial charge in [-0.3, -0.25) is 0 Å². The predicted molar refractivity (Wildman–Crippen MR) is 94.5 cm³/mol. The predicted octanol–water partition coefficient (Wildman–Crippen LogP) is 3.83. The van der Waals surface area contributed by atoms with Crippen LogP contribution in [0.4, 0.5) is 5.69 Å². The molecule has 1 heterocycles. The molecule has 0 spiro atoms. The third-order valence-electron chi connectivity index (χ3n) is 4.07. The lowest BCUT2D eigenvalue weighted by Crippen LogP contribution is -2.42. The molecule has 0 aromatic heterocycles. The maximum Gasteiger partial charge on any atom is 0.0642 e. The number of morpholine rings is 1. The molecule has 1 aliphatic rings. The normalized spacial score (nSPS) is 16.9. The molecule has 0 amide bonds. The Morgan fingerprint density at radius 2 is 1.68 bits per heavy atom. The summed E-state index contributed by atoms with van der Waals surface area (Å²) in [5, 5.41) is 3.75. The zero-order valence-corrected chi connectivity index (χ0v) is 14.9.